The van der Waals surface area contributed by atoms with Crippen molar-refractivity contribution in [1.82, 2.24) is 19.5 Å². The second-order valence-electron chi connectivity index (χ2n) is 6.88. The highest BCUT2D eigenvalue weighted by molar-refractivity contribution is 5.68. The molecule has 0 bridgehead atoms. The molecule has 1 fully saturated rings. The van der Waals surface area contributed by atoms with Crippen molar-refractivity contribution >= 4 is 11.7 Å². The van der Waals surface area contributed by atoms with Gasteiger partial charge in [0, 0.05) is 30.9 Å². The summed E-state index contributed by atoms with van der Waals surface area (Å²) < 4.78 is 21.2. The summed E-state index contributed by atoms with van der Waals surface area (Å²) in [6.07, 6.45) is 4.21. The highest BCUT2D eigenvalue weighted by Gasteiger charge is 2.28. The zero-order valence-corrected chi connectivity index (χ0v) is 13.6. The van der Waals surface area contributed by atoms with Crippen molar-refractivity contribution in [3.63, 3.8) is 0 Å². The summed E-state index contributed by atoms with van der Waals surface area (Å²) in [5.41, 5.74) is 0.627. The van der Waals surface area contributed by atoms with E-state index in [9.17, 15) is 9.18 Å². The number of fused-ring (bicyclic) bond motifs is 1. The molecule has 0 radical (unpaired) electrons. The molecule has 0 spiro atoms. The fraction of sp³-hybridized carbons (Fsp3) is 0.562. The summed E-state index contributed by atoms with van der Waals surface area (Å²) in [5.74, 6) is -0.191. The zero-order chi connectivity index (χ0) is 16.6. The molecule has 1 aliphatic heterocycles. The van der Waals surface area contributed by atoms with Crippen LogP contribution in [0.15, 0.2) is 18.6 Å². The maximum absolute atomic E-state index is 14.3. The molecule has 0 atom stereocenters. The van der Waals surface area contributed by atoms with E-state index in [1.54, 1.807) is 15.6 Å². The number of hydrogen-bond acceptors (Lipinski definition) is 4. The van der Waals surface area contributed by atoms with Gasteiger partial charge in [-0.25, -0.2) is 18.7 Å². The van der Waals surface area contributed by atoms with E-state index in [-0.39, 0.29) is 17.8 Å². The Morgan fingerprint density at radius 2 is 2.04 bits per heavy atom. The second-order valence-corrected chi connectivity index (χ2v) is 6.88. The van der Waals surface area contributed by atoms with E-state index in [2.05, 4.69) is 10.1 Å². The zero-order valence-electron chi connectivity index (χ0n) is 13.6. The summed E-state index contributed by atoms with van der Waals surface area (Å²) in [5, 5.41) is 4.05. The van der Waals surface area contributed by atoms with Crippen LogP contribution in [0, 0.1) is 5.82 Å². The molecule has 2 aromatic rings. The molecule has 7 heteroatoms. The number of carbonyl (C=O) groups is 1. The van der Waals surface area contributed by atoms with Crippen LogP contribution >= 0.6 is 0 Å². The van der Waals surface area contributed by atoms with Crippen LogP contribution in [0.4, 0.5) is 9.18 Å². The number of pyridine rings is 1. The maximum Gasteiger partial charge on any atom is 0.410 e. The van der Waals surface area contributed by atoms with Crippen molar-refractivity contribution in [3.8, 4) is 0 Å². The van der Waals surface area contributed by atoms with Gasteiger partial charge in [-0.05, 0) is 39.5 Å². The molecular weight excluding hydrogens is 299 g/mol. The van der Waals surface area contributed by atoms with Crippen LogP contribution in [0.1, 0.15) is 45.1 Å². The largest absolute Gasteiger partial charge is 0.444 e. The predicted octanol–water partition coefficient (Wildman–Crippen LogP) is 2.98. The third kappa shape index (κ3) is 3.43. The van der Waals surface area contributed by atoms with E-state index in [0.717, 1.165) is 0 Å². The molecule has 3 heterocycles. The lowest BCUT2D eigenvalue weighted by atomic mass is 9.90. The van der Waals surface area contributed by atoms with Crippen LogP contribution in [0.25, 0.3) is 5.65 Å². The highest BCUT2D eigenvalue weighted by Crippen LogP contribution is 2.30. The van der Waals surface area contributed by atoms with Gasteiger partial charge in [-0.1, -0.05) is 0 Å². The molecular formula is C16H21FN4O2. The van der Waals surface area contributed by atoms with Gasteiger partial charge in [0.2, 0.25) is 0 Å². The number of nitrogens with zero attached hydrogens (tertiary/aromatic N) is 4. The lowest BCUT2D eigenvalue weighted by molar-refractivity contribution is 0.0204. The minimum absolute atomic E-state index is 0.0716. The van der Waals surface area contributed by atoms with Crippen molar-refractivity contribution in [2.24, 2.45) is 0 Å². The number of amides is 1. The Balaban J connectivity index is 1.68. The molecule has 1 saturated heterocycles. The van der Waals surface area contributed by atoms with Gasteiger partial charge in [0.05, 0.1) is 0 Å². The Hall–Kier alpha value is -2.18. The molecule has 1 aliphatic rings. The first-order valence-corrected chi connectivity index (χ1v) is 7.80. The summed E-state index contributed by atoms with van der Waals surface area (Å²) in [7, 11) is 0. The van der Waals surface area contributed by atoms with Crippen molar-refractivity contribution < 1.29 is 13.9 Å². The minimum Gasteiger partial charge on any atom is -0.444 e. The Kier molecular flexibility index (Phi) is 3.95. The number of carbonyl (C=O) groups excluding carboxylic acids is 1. The van der Waals surface area contributed by atoms with Crippen LogP contribution in [0.5, 0.6) is 0 Å². The number of piperidine rings is 1. The Labute approximate surface area is 134 Å². The van der Waals surface area contributed by atoms with Gasteiger partial charge >= 0.3 is 6.09 Å². The van der Waals surface area contributed by atoms with Crippen molar-refractivity contribution in [3.05, 3.63) is 30.0 Å². The van der Waals surface area contributed by atoms with E-state index in [1.807, 2.05) is 20.8 Å². The first kappa shape index (κ1) is 15.7. The van der Waals surface area contributed by atoms with E-state index >= 15 is 0 Å². The van der Waals surface area contributed by atoms with Gasteiger partial charge in [0.25, 0.3) is 0 Å². The summed E-state index contributed by atoms with van der Waals surface area (Å²) in [6.45, 7) is 6.67. The minimum atomic E-state index is -0.502. The van der Waals surface area contributed by atoms with Crippen LogP contribution in [-0.2, 0) is 4.74 Å². The quantitative estimate of drug-likeness (QED) is 0.810. The smallest absolute Gasteiger partial charge is 0.410 e. The molecule has 0 aromatic carbocycles. The molecule has 1 amide bonds. The van der Waals surface area contributed by atoms with E-state index in [0.29, 0.717) is 37.1 Å². The predicted molar refractivity (Wildman–Crippen MR) is 82.7 cm³/mol. The van der Waals surface area contributed by atoms with E-state index < -0.39 is 5.60 Å². The standard InChI is InChI=1S/C16H21FN4O2/c1-16(2,3)23-15(22)20-6-4-11(5-7-20)12-9-21-14(8-13(12)17)18-10-19-21/h8-11H,4-7H2,1-3H3. The fourth-order valence-electron chi connectivity index (χ4n) is 2.85. The average molecular weight is 320 g/mol. The number of halogens is 1. The lowest BCUT2D eigenvalue weighted by Gasteiger charge is -2.33. The maximum atomic E-state index is 14.3. The molecule has 124 valence electrons. The molecule has 2 aromatic heterocycles. The highest BCUT2D eigenvalue weighted by atomic mass is 19.1. The Morgan fingerprint density at radius 3 is 2.70 bits per heavy atom. The first-order valence-electron chi connectivity index (χ1n) is 7.80. The molecule has 23 heavy (non-hydrogen) atoms. The van der Waals surface area contributed by atoms with Crippen LogP contribution in [-0.4, -0.2) is 44.3 Å². The monoisotopic (exact) mass is 320 g/mol. The van der Waals surface area contributed by atoms with Crippen molar-refractivity contribution in [2.75, 3.05) is 13.1 Å². The topological polar surface area (TPSA) is 59.7 Å². The Morgan fingerprint density at radius 1 is 1.35 bits per heavy atom. The molecule has 3 rings (SSSR count). The third-order valence-electron chi connectivity index (χ3n) is 3.98. The number of hydrogen-bond donors (Lipinski definition) is 0. The van der Waals surface area contributed by atoms with Crippen LogP contribution in [0.3, 0.4) is 0 Å². The lowest BCUT2D eigenvalue weighted by Crippen LogP contribution is -2.41. The first-order chi connectivity index (χ1) is 10.8. The van der Waals surface area contributed by atoms with Gasteiger partial charge < -0.3 is 9.64 Å². The molecule has 0 N–H and O–H groups in total. The number of likely N-dealkylation sites (tertiary alicyclic amines) is 1. The SMILES string of the molecule is CC(C)(C)OC(=O)N1CCC(c2cn3ncnc3cc2F)CC1. The molecule has 6 nitrogen and oxygen atoms in total. The van der Waals surface area contributed by atoms with E-state index in [1.165, 1.54) is 12.4 Å². The average Bonchev–Trinajstić information content (AvgIpc) is 2.92. The van der Waals surface area contributed by atoms with Crippen molar-refractivity contribution in [2.45, 2.75) is 45.1 Å². The van der Waals surface area contributed by atoms with E-state index in [4.69, 9.17) is 4.74 Å². The fourth-order valence-corrected chi connectivity index (χ4v) is 2.85. The molecule has 0 aliphatic carbocycles. The summed E-state index contributed by atoms with van der Waals surface area (Å²) in [6, 6.07) is 1.41. The number of aromatic nitrogens is 3. The third-order valence-corrected chi connectivity index (χ3v) is 3.98. The van der Waals surface area contributed by atoms with Gasteiger partial charge in [0.15, 0.2) is 5.65 Å². The Bertz CT molecular complexity index is 714. The number of ether oxygens (including phenoxy) is 1. The van der Waals surface area contributed by atoms with Crippen molar-refractivity contribution in [1.29, 1.82) is 0 Å². The second kappa shape index (κ2) is 5.79. The van der Waals surface area contributed by atoms with Gasteiger partial charge in [-0.15, -0.1) is 0 Å². The molecule has 0 unspecified atom stereocenters. The van der Waals surface area contributed by atoms with Gasteiger partial charge in [-0.2, -0.15) is 5.10 Å². The summed E-state index contributed by atoms with van der Waals surface area (Å²) in [4.78, 5) is 17.7. The van der Waals surface area contributed by atoms with Crippen LogP contribution in [0.2, 0.25) is 0 Å². The summed E-state index contributed by atoms with van der Waals surface area (Å²) >= 11 is 0. The van der Waals surface area contributed by atoms with Gasteiger partial charge in [-0.3, -0.25) is 0 Å². The normalized spacial score (nSPS) is 16.8. The van der Waals surface area contributed by atoms with Crippen LogP contribution < -0.4 is 0 Å². The molecule has 0 saturated carbocycles. The number of rotatable bonds is 1. The van der Waals surface area contributed by atoms with Gasteiger partial charge in [0.1, 0.15) is 17.7 Å².